The van der Waals surface area contributed by atoms with Gasteiger partial charge < -0.3 is 0 Å². The molecule has 15 heavy (non-hydrogen) atoms. The Morgan fingerprint density at radius 3 is 2.60 bits per heavy atom. The minimum absolute atomic E-state index is 0.365. The zero-order valence-corrected chi connectivity index (χ0v) is 9.95. The predicted molar refractivity (Wildman–Crippen MR) is 67.2 cm³/mol. The zero-order chi connectivity index (χ0) is 11.1. The van der Waals surface area contributed by atoms with Crippen molar-refractivity contribution in [3.8, 4) is 0 Å². The number of rotatable bonds is 6. The van der Waals surface area contributed by atoms with E-state index in [1.54, 1.807) is 0 Å². The van der Waals surface area contributed by atoms with E-state index in [9.17, 15) is 0 Å². The summed E-state index contributed by atoms with van der Waals surface area (Å²) in [7, 11) is 0. The molecule has 0 spiro atoms. The molecule has 82 valence electrons. The van der Waals surface area contributed by atoms with E-state index in [-0.39, 0.29) is 0 Å². The standard InChI is InChI=1S/C13H18ClN/c1-3-12(2)15(10-9-14)11-13-7-5-4-6-8-13/h3-8,12H,1,9-11H2,2H3. The first-order valence-electron chi connectivity index (χ1n) is 5.24. The molecule has 1 rings (SSSR count). The molecular weight excluding hydrogens is 206 g/mol. The molecule has 0 saturated carbocycles. The van der Waals surface area contributed by atoms with Crippen LogP contribution >= 0.6 is 11.6 Å². The number of nitrogens with zero attached hydrogens (tertiary/aromatic N) is 1. The maximum absolute atomic E-state index is 5.79. The molecule has 1 nitrogen and oxygen atoms in total. The van der Waals surface area contributed by atoms with E-state index in [1.807, 2.05) is 12.1 Å². The fourth-order valence-electron chi connectivity index (χ4n) is 1.50. The van der Waals surface area contributed by atoms with Crippen LogP contribution in [0.5, 0.6) is 0 Å². The van der Waals surface area contributed by atoms with Crippen molar-refractivity contribution in [1.29, 1.82) is 0 Å². The minimum atomic E-state index is 0.365. The summed E-state index contributed by atoms with van der Waals surface area (Å²) in [5.74, 6) is 0.658. The second-order valence-electron chi connectivity index (χ2n) is 3.62. The van der Waals surface area contributed by atoms with Gasteiger partial charge >= 0.3 is 0 Å². The molecule has 0 bridgehead atoms. The van der Waals surface area contributed by atoms with Gasteiger partial charge in [-0.15, -0.1) is 18.2 Å². The lowest BCUT2D eigenvalue weighted by atomic mass is 10.2. The normalized spacial score (nSPS) is 12.7. The van der Waals surface area contributed by atoms with Crippen LogP contribution in [0.1, 0.15) is 12.5 Å². The van der Waals surface area contributed by atoms with Crippen molar-refractivity contribution in [3.05, 3.63) is 48.6 Å². The highest BCUT2D eigenvalue weighted by Crippen LogP contribution is 2.08. The summed E-state index contributed by atoms with van der Waals surface area (Å²) in [6.07, 6.45) is 1.95. The smallest absolute Gasteiger partial charge is 0.0351 e. The van der Waals surface area contributed by atoms with Crippen molar-refractivity contribution >= 4 is 11.6 Å². The Morgan fingerprint density at radius 2 is 2.07 bits per heavy atom. The van der Waals surface area contributed by atoms with Gasteiger partial charge in [0.15, 0.2) is 0 Å². The van der Waals surface area contributed by atoms with Crippen molar-refractivity contribution < 1.29 is 0 Å². The Bertz CT molecular complexity index is 284. The highest BCUT2D eigenvalue weighted by Gasteiger charge is 2.09. The third-order valence-corrected chi connectivity index (χ3v) is 2.69. The maximum atomic E-state index is 5.79. The first kappa shape index (κ1) is 12.3. The summed E-state index contributed by atoms with van der Waals surface area (Å²) in [6.45, 7) is 7.79. The van der Waals surface area contributed by atoms with Gasteiger partial charge in [-0.1, -0.05) is 36.4 Å². The van der Waals surface area contributed by atoms with Gasteiger partial charge in [0.2, 0.25) is 0 Å². The molecule has 0 fully saturated rings. The molecule has 0 aliphatic rings. The SMILES string of the molecule is C=CC(C)N(CCCl)Cc1ccccc1. The Morgan fingerprint density at radius 1 is 1.40 bits per heavy atom. The first-order chi connectivity index (χ1) is 7.27. The molecule has 1 aromatic carbocycles. The maximum Gasteiger partial charge on any atom is 0.0351 e. The Labute approximate surface area is 97.4 Å². The molecule has 0 saturated heterocycles. The van der Waals surface area contributed by atoms with E-state index in [4.69, 9.17) is 11.6 Å². The third-order valence-electron chi connectivity index (χ3n) is 2.52. The summed E-state index contributed by atoms with van der Waals surface area (Å²) < 4.78 is 0. The van der Waals surface area contributed by atoms with Gasteiger partial charge in [0.1, 0.15) is 0 Å². The summed E-state index contributed by atoms with van der Waals surface area (Å²) in [5.41, 5.74) is 1.32. The molecule has 0 aliphatic carbocycles. The van der Waals surface area contributed by atoms with E-state index in [2.05, 4.69) is 42.7 Å². The van der Waals surface area contributed by atoms with Crippen molar-refractivity contribution in [2.75, 3.05) is 12.4 Å². The second kappa shape index (κ2) is 6.65. The van der Waals surface area contributed by atoms with Gasteiger partial charge in [-0.25, -0.2) is 0 Å². The van der Waals surface area contributed by atoms with Crippen LogP contribution < -0.4 is 0 Å². The largest absolute Gasteiger partial charge is 0.292 e. The molecule has 0 amide bonds. The number of alkyl halides is 1. The molecule has 1 unspecified atom stereocenters. The summed E-state index contributed by atoms with van der Waals surface area (Å²) >= 11 is 5.79. The van der Waals surface area contributed by atoms with E-state index in [0.29, 0.717) is 11.9 Å². The number of halogens is 1. The first-order valence-corrected chi connectivity index (χ1v) is 5.78. The van der Waals surface area contributed by atoms with Gasteiger partial charge in [0.05, 0.1) is 0 Å². The van der Waals surface area contributed by atoms with Crippen LogP contribution in [-0.2, 0) is 6.54 Å². The van der Waals surface area contributed by atoms with Crippen LogP contribution in [0.4, 0.5) is 0 Å². The lowest BCUT2D eigenvalue weighted by molar-refractivity contribution is 0.247. The number of hydrogen-bond donors (Lipinski definition) is 0. The van der Waals surface area contributed by atoms with Gasteiger partial charge in [0, 0.05) is 25.0 Å². The van der Waals surface area contributed by atoms with Gasteiger partial charge in [-0.3, -0.25) is 4.90 Å². The van der Waals surface area contributed by atoms with Crippen LogP contribution in [-0.4, -0.2) is 23.4 Å². The van der Waals surface area contributed by atoms with Crippen molar-refractivity contribution in [1.82, 2.24) is 4.90 Å². The molecule has 0 N–H and O–H groups in total. The number of hydrogen-bond acceptors (Lipinski definition) is 1. The predicted octanol–water partition coefficient (Wildman–Crippen LogP) is 3.30. The highest BCUT2D eigenvalue weighted by molar-refractivity contribution is 6.18. The monoisotopic (exact) mass is 223 g/mol. The Hall–Kier alpha value is -0.790. The van der Waals surface area contributed by atoms with Crippen molar-refractivity contribution in [2.24, 2.45) is 0 Å². The average molecular weight is 224 g/mol. The third kappa shape index (κ3) is 4.06. The molecule has 0 aliphatic heterocycles. The summed E-state index contributed by atoms with van der Waals surface area (Å²) in [5, 5.41) is 0. The molecular formula is C13H18ClN. The van der Waals surface area contributed by atoms with Gasteiger partial charge in [-0.2, -0.15) is 0 Å². The van der Waals surface area contributed by atoms with E-state index >= 15 is 0 Å². The molecule has 1 aromatic rings. The van der Waals surface area contributed by atoms with Gasteiger partial charge in [0.25, 0.3) is 0 Å². The highest BCUT2D eigenvalue weighted by atomic mass is 35.5. The summed E-state index contributed by atoms with van der Waals surface area (Å²) in [4.78, 5) is 2.31. The summed E-state index contributed by atoms with van der Waals surface area (Å²) in [6, 6.07) is 10.8. The Kier molecular flexibility index (Phi) is 5.44. The van der Waals surface area contributed by atoms with Crippen LogP contribution in [0.3, 0.4) is 0 Å². The second-order valence-corrected chi connectivity index (χ2v) is 4.00. The quantitative estimate of drug-likeness (QED) is 0.529. The molecule has 1 atom stereocenters. The Balaban J connectivity index is 2.62. The zero-order valence-electron chi connectivity index (χ0n) is 9.20. The van der Waals surface area contributed by atoms with Crippen LogP contribution in [0.15, 0.2) is 43.0 Å². The van der Waals surface area contributed by atoms with Crippen molar-refractivity contribution in [3.63, 3.8) is 0 Å². The van der Waals surface area contributed by atoms with Crippen LogP contribution in [0, 0.1) is 0 Å². The molecule has 0 aromatic heterocycles. The lowest BCUT2D eigenvalue weighted by Crippen LogP contribution is -2.32. The van der Waals surface area contributed by atoms with E-state index < -0.39 is 0 Å². The fraction of sp³-hybridized carbons (Fsp3) is 0.385. The van der Waals surface area contributed by atoms with Gasteiger partial charge in [-0.05, 0) is 12.5 Å². The topological polar surface area (TPSA) is 3.24 Å². The number of benzene rings is 1. The van der Waals surface area contributed by atoms with E-state index in [0.717, 1.165) is 13.1 Å². The molecule has 0 radical (unpaired) electrons. The lowest BCUT2D eigenvalue weighted by Gasteiger charge is -2.26. The minimum Gasteiger partial charge on any atom is -0.292 e. The average Bonchev–Trinajstić information content (AvgIpc) is 2.29. The molecule has 2 heteroatoms. The van der Waals surface area contributed by atoms with Crippen LogP contribution in [0.2, 0.25) is 0 Å². The van der Waals surface area contributed by atoms with Crippen LogP contribution in [0.25, 0.3) is 0 Å². The fourth-order valence-corrected chi connectivity index (χ4v) is 1.72. The van der Waals surface area contributed by atoms with E-state index in [1.165, 1.54) is 5.56 Å². The molecule has 0 heterocycles. The van der Waals surface area contributed by atoms with Crippen molar-refractivity contribution in [2.45, 2.75) is 19.5 Å².